The molecule has 0 radical (unpaired) electrons. The van der Waals surface area contributed by atoms with Crippen LogP contribution in [0.2, 0.25) is 0 Å². The molecule has 0 aliphatic heterocycles. The van der Waals surface area contributed by atoms with Crippen molar-refractivity contribution in [3.63, 3.8) is 0 Å². The van der Waals surface area contributed by atoms with E-state index in [-0.39, 0.29) is 24.0 Å². The van der Waals surface area contributed by atoms with Gasteiger partial charge in [-0.05, 0) is 21.7 Å². The summed E-state index contributed by atoms with van der Waals surface area (Å²) >= 11 is 1.78. The predicted molar refractivity (Wildman–Crippen MR) is 46.1 cm³/mol. The van der Waals surface area contributed by atoms with Gasteiger partial charge in [-0.2, -0.15) is 0 Å². The summed E-state index contributed by atoms with van der Waals surface area (Å²) in [7, 11) is 3.20. The number of nitrogens with zero attached hydrogens (tertiary/aromatic N) is 1. The molecule has 0 aliphatic rings. The molecule has 1 heterocycles. The van der Waals surface area contributed by atoms with Crippen molar-refractivity contribution in [2.75, 3.05) is 5.75 Å². The Kier molecular flexibility index (Phi) is 6.88. The van der Waals surface area contributed by atoms with Crippen LogP contribution in [0.5, 0.6) is 0 Å². The summed E-state index contributed by atoms with van der Waals surface area (Å²) in [6, 6.07) is 0. The summed E-state index contributed by atoms with van der Waals surface area (Å²) < 4.78 is 1.10. The maximum Gasteiger partial charge on any atom is 0.385 e. The number of aromatic nitrogens is 1. The quantitative estimate of drug-likeness (QED) is 0.376. The van der Waals surface area contributed by atoms with Gasteiger partial charge < -0.3 is 24.0 Å². The van der Waals surface area contributed by atoms with Crippen LogP contribution in [-0.4, -0.2) is 10.7 Å². The van der Waals surface area contributed by atoms with Gasteiger partial charge in [-0.15, -0.1) is 0 Å². The molecule has 0 bridgehead atoms. The van der Waals surface area contributed by atoms with Gasteiger partial charge in [0.15, 0.2) is 0 Å². The molecule has 2 N–H and O–H groups in total. The van der Waals surface area contributed by atoms with Crippen molar-refractivity contribution in [2.24, 2.45) is 0 Å². The maximum absolute atomic E-state index is 5.45. The third-order valence-corrected chi connectivity index (χ3v) is 4.52. The van der Waals surface area contributed by atoms with E-state index in [1.165, 1.54) is 6.42 Å². The molecule has 0 unspecified atom stereocenters. The van der Waals surface area contributed by atoms with Crippen LogP contribution in [0.15, 0.2) is 4.34 Å². The SMILES string of the molecule is CCCSc1nc(=[NH2+])ss1.[I-]. The smallest absolute Gasteiger partial charge is 0.385 e. The topological polar surface area (TPSA) is 38.5 Å². The van der Waals surface area contributed by atoms with E-state index in [9.17, 15) is 0 Å². The lowest BCUT2D eigenvalue weighted by molar-refractivity contribution is -0.172. The largest absolute Gasteiger partial charge is 1.00 e. The van der Waals surface area contributed by atoms with E-state index in [0.717, 1.165) is 10.1 Å². The van der Waals surface area contributed by atoms with Crippen LogP contribution in [0, 0.1) is 0 Å². The molecule has 64 valence electrons. The van der Waals surface area contributed by atoms with Gasteiger partial charge in [-0.3, -0.25) is 5.41 Å². The van der Waals surface area contributed by atoms with E-state index >= 15 is 0 Å². The molecule has 0 fully saturated rings. The molecular formula is C5H9IN2S3. The lowest BCUT2D eigenvalue weighted by Crippen LogP contribution is -3.00. The van der Waals surface area contributed by atoms with E-state index in [2.05, 4.69) is 11.9 Å². The second-order valence-electron chi connectivity index (χ2n) is 1.73. The number of hydrogen-bond donors (Lipinski definition) is 1. The Morgan fingerprint density at radius 2 is 2.27 bits per heavy atom. The minimum absolute atomic E-state index is 0. The molecule has 0 saturated heterocycles. The highest BCUT2D eigenvalue weighted by atomic mass is 127. The Balaban J connectivity index is 0.000001000. The second-order valence-corrected chi connectivity index (χ2v) is 5.21. The van der Waals surface area contributed by atoms with Gasteiger partial charge in [0.2, 0.25) is 0 Å². The average molecular weight is 320 g/mol. The van der Waals surface area contributed by atoms with Crippen LogP contribution < -0.4 is 34.2 Å². The molecule has 0 atom stereocenters. The summed E-state index contributed by atoms with van der Waals surface area (Å²) in [5, 5.41) is 5.45. The van der Waals surface area contributed by atoms with Gasteiger partial charge in [-0.1, -0.05) is 18.7 Å². The summed E-state index contributed by atoms with van der Waals surface area (Å²) in [4.78, 5) is 4.81. The Labute approximate surface area is 94.4 Å². The first-order valence-electron chi connectivity index (χ1n) is 3.01. The van der Waals surface area contributed by atoms with Crippen molar-refractivity contribution in [2.45, 2.75) is 17.7 Å². The fourth-order valence-corrected chi connectivity index (χ4v) is 3.40. The first-order valence-corrected chi connectivity index (χ1v) is 6.15. The highest BCUT2D eigenvalue weighted by Gasteiger charge is 2.04. The van der Waals surface area contributed by atoms with Crippen molar-refractivity contribution < 1.29 is 29.4 Å². The van der Waals surface area contributed by atoms with E-state index < -0.39 is 0 Å². The van der Waals surface area contributed by atoms with Gasteiger partial charge in [0.25, 0.3) is 4.34 Å². The fourth-order valence-electron chi connectivity index (χ4n) is 0.451. The lowest BCUT2D eigenvalue weighted by Gasteiger charge is -1.84. The molecule has 0 aliphatic carbocycles. The summed E-state index contributed by atoms with van der Waals surface area (Å²) in [5.74, 6) is 1.14. The monoisotopic (exact) mass is 320 g/mol. The van der Waals surface area contributed by atoms with Gasteiger partial charge >= 0.3 is 4.80 Å². The minimum atomic E-state index is 0. The van der Waals surface area contributed by atoms with Gasteiger partial charge in [0.1, 0.15) is 0 Å². The first-order chi connectivity index (χ1) is 4.83. The zero-order valence-corrected chi connectivity index (χ0v) is 10.6. The number of nitrogens with two attached hydrogens (primary N) is 1. The molecule has 1 rings (SSSR count). The molecule has 2 nitrogen and oxygen atoms in total. The van der Waals surface area contributed by atoms with Gasteiger partial charge in [0, 0.05) is 16.1 Å². The average Bonchev–Trinajstić information content (AvgIpc) is 2.31. The first kappa shape index (κ1) is 11.9. The van der Waals surface area contributed by atoms with Crippen LogP contribution in [-0.2, 0) is 0 Å². The predicted octanol–water partition coefficient (Wildman–Crippen LogP) is -2.63. The van der Waals surface area contributed by atoms with E-state index in [0.29, 0.717) is 4.80 Å². The lowest BCUT2D eigenvalue weighted by atomic mass is 10.6. The molecule has 1 aromatic rings. The van der Waals surface area contributed by atoms with Crippen LogP contribution in [0.3, 0.4) is 0 Å². The van der Waals surface area contributed by atoms with E-state index in [1.807, 2.05) is 0 Å². The molecule has 1 aromatic heterocycles. The van der Waals surface area contributed by atoms with Crippen molar-refractivity contribution in [3.05, 3.63) is 4.80 Å². The van der Waals surface area contributed by atoms with Crippen molar-refractivity contribution in [1.29, 1.82) is 0 Å². The Morgan fingerprint density at radius 1 is 1.55 bits per heavy atom. The Hall–Kier alpha value is 0.860. The van der Waals surface area contributed by atoms with Crippen molar-refractivity contribution in [1.82, 2.24) is 4.98 Å². The summed E-state index contributed by atoms with van der Waals surface area (Å²) in [6.45, 7) is 2.16. The normalized spacial score (nSPS) is 9.18. The number of thioether (sulfide) groups is 1. The highest BCUT2D eigenvalue weighted by molar-refractivity contribution is 8.02. The molecule has 0 saturated carbocycles. The molecule has 11 heavy (non-hydrogen) atoms. The highest BCUT2D eigenvalue weighted by Crippen LogP contribution is 2.20. The molecular weight excluding hydrogens is 311 g/mol. The third kappa shape index (κ3) is 4.44. The standard InChI is InChI=1S/C5H8N2S3.HI/c1-2-3-8-5-7-4(6)9-10-5;/h6H,2-3H2,1H3;1H. The minimum Gasteiger partial charge on any atom is -1.00 e. The molecule has 0 spiro atoms. The number of rotatable bonds is 3. The van der Waals surface area contributed by atoms with E-state index in [1.54, 1.807) is 32.4 Å². The summed E-state index contributed by atoms with van der Waals surface area (Å²) in [6.07, 6.45) is 1.19. The second kappa shape index (κ2) is 6.38. The fraction of sp³-hybridized carbons (Fsp3) is 0.600. The zero-order valence-electron chi connectivity index (χ0n) is 6.04. The third-order valence-electron chi connectivity index (χ3n) is 0.829. The Bertz CT molecular complexity index is 244. The van der Waals surface area contributed by atoms with Crippen LogP contribution in [0.4, 0.5) is 0 Å². The molecule has 0 aromatic carbocycles. The molecule has 6 heteroatoms. The Morgan fingerprint density at radius 3 is 2.73 bits per heavy atom. The molecule has 0 amide bonds. The number of hydrogen-bond acceptors (Lipinski definition) is 4. The zero-order chi connectivity index (χ0) is 7.40. The summed E-state index contributed by atoms with van der Waals surface area (Å²) in [5.41, 5.74) is 0. The van der Waals surface area contributed by atoms with Gasteiger partial charge in [0.05, 0.1) is 0 Å². The van der Waals surface area contributed by atoms with Crippen molar-refractivity contribution >= 4 is 32.4 Å². The van der Waals surface area contributed by atoms with Crippen LogP contribution >= 0.6 is 32.4 Å². The maximum atomic E-state index is 5.45. The van der Waals surface area contributed by atoms with Gasteiger partial charge in [-0.25, -0.2) is 0 Å². The van der Waals surface area contributed by atoms with E-state index in [4.69, 9.17) is 5.41 Å². The van der Waals surface area contributed by atoms with Crippen molar-refractivity contribution in [3.8, 4) is 0 Å². The van der Waals surface area contributed by atoms with Crippen LogP contribution in [0.25, 0.3) is 0 Å². The van der Waals surface area contributed by atoms with Crippen LogP contribution in [0.1, 0.15) is 13.3 Å². The number of halogens is 1.